The van der Waals surface area contributed by atoms with Gasteiger partial charge in [-0.15, -0.1) is 0 Å². The standard InChI is InChI=1S/C29H32BrClN2O3/c1-4-21(3)32-29(35)26(16-22-10-6-5-7-11-22)33(18-23-12-8-9-20(2)15-23)28(34)19-36-27-14-13-24(30)17-25(27)31/h5-15,17,21,26H,4,16,18-19H2,1-3H3,(H,32,35)/t21-,26+/m1/s1. The van der Waals surface area contributed by atoms with Crippen LogP contribution in [0.25, 0.3) is 0 Å². The molecule has 7 heteroatoms. The lowest BCUT2D eigenvalue weighted by Gasteiger charge is -2.32. The molecule has 0 bridgehead atoms. The van der Waals surface area contributed by atoms with Crippen LogP contribution >= 0.6 is 27.5 Å². The van der Waals surface area contributed by atoms with E-state index < -0.39 is 6.04 Å². The van der Waals surface area contributed by atoms with Crippen molar-refractivity contribution >= 4 is 39.3 Å². The zero-order chi connectivity index (χ0) is 26.1. The molecular formula is C29H32BrClN2O3. The van der Waals surface area contributed by atoms with Crippen molar-refractivity contribution < 1.29 is 14.3 Å². The van der Waals surface area contributed by atoms with Crippen molar-refractivity contribution in [1.82, 2.24) is 10.2 Å². The minimum atomic E-state index is -0.710. The van der Waals surface area contributed by atoms with Gasteiger partial charge in [0.15, 0.2) is 6.61 Å². The highest BCUT2D eigenvalue weighted by Gasteiger charge is 2.31. The summed E-state index contributed by atoms with van der Waals surface area (Å²) in [5.41, 5.74) is 3.00. The molecule has 0 saturated carbocycles. The topological polar surface area (TPSA) is 58.6 Å². The van der Waals surface area contributed by atoms with Crippen molar-refractivity contribution in [2.24, 2.45) is 0 Å². The molecular weight excluding hydrogens is 540 g/mol. The highest BCUT2D eigenvalue weighted by atomic mass is 79.9. The maximum absolute atomic E-state index is 13.6. The zero-order valence-corrected chi connectivity index (χ0v) is 23.2. The number of carbonyl (C=O) groups is 2. The molecule has 0 aliphatic heterocycles. The van der Waals surface area contributed by atoms with E-state index in [-0.39, 0.29) is 31.0 Å². The van der Waals surface area contributed by atoms with Crippen LogP contribution in [-0.4, -0.2) is 35.4 Å². The van der Waals surface area contributed by atoms with Gasteiger partial charge in [0, 0.05) is 23.5 Å². The summed E-state index contributed by atoms with van der Waals surface area (Å²) < 4.78 is 6.62. The van der Waals surface area contributed by atoms with Gasteiger partial charge >= 0.3 is 0 Å². The Balaban J connectivity index is 1.92. The first-order chi connectivity index (χ1) is 17.3. The molecule has 36 heavy (non-hydrogen) atoms. The molecule has 3 rings (SSSR count). The van der Waals surface area contributed by atoms with Crippen molar-refractivity contribution in [2.75, 3.05) is 6.61 Å². The Morgan fingerprint density at radius 1 is 1.03 bits per heavy atom. The lowest BCUT2D eigenvalue weighted by Crippen LogP contribution is -2.53. The number of ether oxygens (including phenoxy) is 1. The smallest absolute Gasteiger partial charge is 0.261 e. The first kappa shape index (κ1) is 27.8. The van der Waals surface area contributed by atoms with Gasteiger partial charge in [-0.05, 0) is 49.6 Å². The Morgan fingerprint density at radius 3 is 2.42 bits per heavy atom. The van der Waals surface area contributed by atoms with Crippen LogP contribution in [0.2, 0.25) is 5.02 Å². The summed E-state index contributed by atoms with van der Waals surface area (Å²) in [4.78, 5) is 28.8. The summed E-state index contributed by atoms with van der Waals surface area (Å²) in [6.07, 6.45) is 1.18. The highest BCUT2D eigenvalue weighted by Crippen LogP contribution is 2.28. The minimum Gasteiger partial charge on any atom is -0.482 e. The largest absolute Gasteiger partial charge is 0.482 e. The number of hydrogen-bond acceptors (Lipinski definition) is 3. The third kappa shape index (κ3) is 8.10. The van der Waals surface area contributed by atoms with Gasteiger partial charge < -0.3 is 15.0 Å². The zero-order valence-electron chi connectivity index (χ0n) is 20.8. The minimum absolute atomic E-state index is 0.00971. The molecule has 2 atom stereocenters. The lowest BCUT2D eigenvalue weighted by atomic mass is 10.0. The van der Waals surface area contributed by atoms with Crippen LogP contribution in [0.4, 0.5) is 0 Å². The van der Waals surface area contributed by atoms with E-state index in [2.05, 4.69) is 21.2 Å². The second-order valence-corrected chi connectivity index (χ2v) is 10.2. The van der Waals surface area contributed by atoms with Crippen LogP contribution in [0.5, 0.6) is 5.75 Å². The van der Waals surface area contributed by atoms with Crippen molar-refractivity contribution in [1.29, 1.82) is 0 Å². The fourth-order valence-electron chi connectivity index (χ4n) is 3.82. The van der Waals surface area contributed by atoms with Gasteiger partial charge in [-0.25, -0.2) is 0 Å². The molecule has 0 heterocycles. The van der Waals surface area contributed by atoms with E-state index in [0.717, 1.165) is 27.6 Å². The van der Waals surface area contributed by atoms with Gasteiger partial charge in [-0.3, -0.25) is 9.59 Å². The van der Waals surface area contributed by atoms with E-state index >= 15 is 0 Å². The molecule has 0 unspecified atom stereocenters. The lowest BCUT2D eigenvalue weighted by molar-refractivity contribution is -0.143. The van der Waals surface area contributed by atoms with Crippen LogP contribution in [-0.2, 0) is 22.6 Å². The molecule has 0 radical (unpaired) electrons. The number of carbonyl (C=O) groups excluding carboxylic acids is 2. The summed E-state index contributed by atoms with van der Waals surface area (Å²) in [5.74, 6) is -0.0704. The quantitative estimate of drug-likeness (QED) is 0.292. The molecule has 0 aliphatic carbocycles. The highest BCUT2D eigenvalue weighted by molar-refractivity contribution is 9.10. The maximum atomic E-state index is 13.6. The Bertz CT molecular complexity index is 1170. The average Bonchev–Trinajstić information content (AvgIpc) is 2.86. The normalized spacial score (nSPS) is 12.5. The molecule has 0 aliphatic rings. The molecule has 0 saturated heterocycles. The summed E-state index contributed by atoms with van der Waals surface area (Å²) in [6, 6.07) is 22.2. The molecule has 190 valence electrons. The third-order valence-corrected chi connectivity index (χ3v) is 6.74. The SMILES string of the molecule is CC[C@@H](C)NC(=O)[C@H](Cc1ccccc1)N(Cc1cccc(C)c1)C(=O)COc1ccc(Br)cc1Cl. The van der Waals surface area contributed by atoms with Crippen molar-refractivity contribution in [2.45, 2.75) is 52.2 Å². The second-order valence-electron chi connectivity index (χ2n) is 8.90. The van der Waals surface area contributed by atoms with Crippen molar-refractivity contribution in [3.05, 3.63) is 99.0 Å². The molecule has 1 N–H and O–H groups in total. The molecule has 0 aromatic heterocycles. The van der Waals surface area contributed by atoms with Crippen molar-refractivity contribution in [3.63, 3.8) is 0 Å². The number of nitrogens with zero attached hydrogens (tertiary/aromatic N) is 1. The number of aryl methyl sites for hydroxylation is 1. The predicted octanol–water partition coefficient (Wildman–Crippen LogP) is 6.34. The van der Waals surface area contributed by atoms with Crippen LogP contribution in [0.15, 0.2) is 77.3 Å². The van der Waals surface area contributed by atoms with Gasteiger partial charge in [0.05, 0.1) is 5.02 Å². The first-order valence-electron chi connectivity index (χ1n) is 12.0. The number of benzene rings is 3. The first-order valence-corrected chi connectivity index (χ1v) is 13.2. The Morgan fingerprint density at radius 2 is 1.75 bits per heavy atom. The van der Waals surface area contributed by atoms with E-state index in [4.69, 9.17) is 16.3 Å². The van der Waals surface area contributed by atoms with Gasteiger partial charge in [0.2, 0.25) is 5.91 Å². The second kappa shape index (κ2) is 13.5. The van der Waals surface area contributed by atoms with Crippen molar-refractivity contribution in [3.8, 4) is 5.75 Å². The molecule has 5 nitrogen and oxygen atoms in total. The van der Waals surface area contributed by atoms with E-state index in [9.17, 15) is 9.59 Å². The third-order valence-electron chi connectivity index (χ3n) is 5.95. The molecule has 3 aromatic carbocycles. The number of nitrogens with one attached hydrogen (secondary N) is 1. The fraction of sp³-hybridized carbons (Fsp3) is 0.310. The Kier molecular flexibility index (Phi) is 10.4. The van der Waals surface area contributed by atoms with E-state index in [1.165, 1.54) is 0 Å². The number of hydrogen-bond donors (Lipinski definition) is 1. The fourth-order valence-corrected chi connectivity index (χ4v) is 4.54. The summed E-state index contributed by atoms with van der Waals surface area (Å²) >= 11 is 9.66. The van der Waals surface area contributed by atoms with Gasteiger partial charge in [0.25, 0.3) is 5.91 Å². The Labute approximate surface area is 226 Å². The maximum Gasteiger partial charge on any atom is 0.261 e. The molecule has 0 fully saturated rings. The molecule has 2 amide bonds. The van der Waals surface area contributed by atoms with Gasteiger partial charge in [-0.1, -0.05) is 94.6 Å². The van der Waals surface area contributed by atoms with Crippen LogP contribution in [0.1, 0.15) is 37.0 Å². The Hall–Kier alpha value is -2.83. The van der Waals surface area contributed by atoms with Crippen LogP contribution < -0.4 is 10.1 Å². The predicted molar refractivity (Wildman–Crippen MR) is 148 cm³/mol. The van der Waals surface area contributed by atoms with Crippen LogP contribution in [0.3, 0.4) is 0 Å². The van der Waals surface area contributed by atoms with E-state index in [1.807, 2.05) is 75.4 Å². The van der Waals surface area contributed by atoms with Gasteiger partial charge in [-0.2, -0.15) is 0 Å². The van der Waals surface area contributed by atoms with E-state index in [0.29, 0.717) is 17.2 Å². The molecule has 0 spiro atoms. The summed E-state index contributed by atoms with van der Waals surface area (Å²) in [7, 11) is 0. The summed E-state index contributed by atoms with van der Waals surface area (Å²) in [6.45, 7) is 6.02. The van der Waals surface area contributed by atoms with E-state index in [1.54, 1.807) is 23.1 Å². The molecule has 3 aromatic rings. The number of rotatable bonds is 11. The van der Waals surface area contributed by atoms with Gasteiger partial charge in [0.1, 0.15) is 11.8 Å². The number of halogens is 2. The number of amides is 2. The average molecular weight is 572 g/mol. The van der Waals surface area contributed by atoms with Crippen LogP contribution in [0, 0.1) is 6.92 Å². The monoisotopic (exact) mass is 570 g/mol. The summed E-state index contributed by atoms with van der Waals surface area (Å²) in [5, 5.41) is 3.47.